The predicted molar refractivity (Wildman–Crippen MR) is 74.7 cm³/mol. The maximum absolute atomic E-state index is 11.5. The first-order valence-corrected chi connectivity index (χ1v) is 8.43. The Labute approximate surface area is 120 Å². The predicted octanol–water partition coefficient (Wildman–Crippen LogP) is 1.31. The van der Waals surface area contributed by atoms with Crippen molar-refractivity contribution in [2.45, 2.75) is 6.04 Å². The van der Waals surface area contributed by atoms with Crippen LogP contribution in [-0.4, -0.2) is 49.0 Å². The molecule has 7 heteroatoms. The van der Waals surface area contributed by atoms with Crippen LogP contribution in [0.2, 0.25) is 0 Å². The average Bonchev–Trinajstić information content (AvgIpc) is 2.31. The van der Waals surface area contributed by atoms with Crippen molar-refractivity contribution in [1.82, 2.24) is 4.90 Å². The Morgan fingerprint density at radius 2 is 1.95 bits per heavy atom. The Morgan fingerprint density at radius 1 is 1.32 bits per heavy atom. The fourth-order valence-electron chi connectivity index (χ4n) is 2.17. The summed E-state index contributed by atoms with van der Waals surface area (Å²) >= 11 is 3.31. The summed E-state index contributed by atoms with van der Waals surface area (Å²) in [6.45, 7) is 0.512. The largest absolute Gasteiger partial charge is 0.480 e. The van der Waals surface area contributed by atoms with E-state index in [0.717, 1.165) is 4.47 Å². The summed E-state index contributed by atoms with van der Waals surface area (Å²) in [5.41, 5.74) is 0.654. The molecule has 0 radical (unpaired) electrons. The van der Waals surface area contributed by atoms with E-state index in [-0.39, 0.29) is 24.6 Å². The molecule has 1 atom stereocenters. The van der Waals surface area contributed by atoms with Gasteiger partial charge in [0.05, 0.1) is 11.5 Å². The van der Waals surface area contributed by atoms with Crippen LogP contribution in [0.1, 0.15) is 11.6 Å². The molecule has 0 aromatic heterocycles. The molecule has 1 aromatic rings. The van der Waals surface area contributed by atoms with Gasteiger partial charge in [0.25, 0.3) is 0 Å². The molecule has 0 aliphatic carbocycles. The smallest absolute Gasteiger partial charge is 0.325 e. The highest BCUT2D eigenvalue weighted by atomic mass is 79.9. The third-order valence-corrected chi connectivity index (χ3v) is 5.24. The van der Waals surface area contributed by atoms with Crippen LogP contribution in [0.15, 0.2) is 28.7 Å². The quantitative estimate of drug-likeness (QED) is 0.891. The van der Waals surface area contributed by atoms with Gasteiger partial charge in [0.1, 0.15) is 6.04 Å². The van der Waals surface area contributed by atoms with Crippen molar-refractivity contribution in [2.75, 3.05) is 24.6 Å². The first-order chi connectivity index (χ1) is 8.89. The maximum atomic E-state index is 11.5. The molecule has 0 amide bonds. The number of hydrogen-bond donors (Lipinski definition) is 1. The van der Waals surface area contributed by atoms with Crippen LogP contribution in [0.5, 0.6) is 0 Å². The van der Waals surface area contributed by atoms with Gasteiger partial charge in [-0.15, -0.1) is 0 Å². The van der Waals surface area contributed by atoms with Gasteiger partial charge in [-0.3, -0.25) is 9.69 Å². The van der Waals surface area contributed by atoms with Crippen molar-refractivity contribution in [3.05, 3.63) is 34.3 Å². The molecule has 1 fully saturated rings. The number of nitrogens with zero attached hydrogens (tertiary/aromatic N) is 1. The second-order valence-corrected chi connectivity index (χ2v) is 7.70. The lowest BCUT2D eigenvalue weighted by molar-refractivity contribution is -0.143. The van der Waals surface area contributed by atoms with Crippen LogP contribution in [0.25, 0.3) is 0 Å². The molecular weight excluding hydrogens is 334 g/mol. The maximum Gasteiger partial charge on any atom is 0.325 e. The van der Waals surface area contributed by atoms with E-state index in [4.69, 9.17) is 0 Å². The number of carbonyl (C=O) groups is 1. The molecule has 1 heterocycles. The minimum Gasteiger partial charge on any atom is -0.480 e. The van der Waals surface area contributed by atoms with E-state index in [1.807, 2.05) is 6.07 Å². The summed E-state index contributed by atoms with van der Waals surface area (Å²) in [5.74, 6) is -0.923. The lowest BCUT2D eigenvalue weighted by Crippen LogP contribution is -2.44. The van der Waals surface area contributed by atoms with Crippen molar-refractivity contribution in [3.8, 4) is 0 Å². The van der Waals surface area contributed by atoms with Crippen molar-refractivity contribution in [1.29, 1.82) is 0 Å². The van der Waals surface area contributed by atoms with E-state index < -0.39 is 21.8 Å². The fourth-order valence-corrected chi connectivity index (χ4v) is 3.82. The number of halogens is 1. The summed E-state index contributed by atoms with van der Waals surface area (Å²) < 4.78 is 23.6. The van der Waals surface area contributed by atoms with Gasteiger partial charge in [-0.05, 0) is 17.7 Å². The molecule has 0 saturated carbocycles. The zero-order valence-electron chi connectivity index (χ0n) is 10.1. The number of hydrogen-bond acceptors (Lipinski definition) is 4. The van der Waals surface area contributed by atoms with E-state index in [1.165, 1.54) is 0 Å². The zero-order valence-corrected chi connectivity index (χ0v) is 12.5. The van der Waals surface area contributed by atoms with Gasteiger partial charge in [-0.25, -0.2) is 8.42 Å². The third-order valence-electron chi connectivity index (χ3n) is 3.14. The molecule has 0 spiro atoms. The number of carboxylic acids is 1. The standard InChI is InChI=1S/C12H14BrNO4S/c13-10-3-1-2-9(8-10)11(12(15)16)14-4-6-19(17,18)7-5-14/h1-3,8,11H,4-7H2,(H,15,16). The Bertz CT molecular complexity index is 573. The van der Waals surface area contributed by atoms with Crippen LogP contribution >= 0.6 is 15.9 Å². The second-order valence-electron chi connectivity index (χ2n) is 4.48. The van der Waals surface area contributed by atoms with Gasteiger partial charge in [0.2, 0.25) is 0 Å². The summed E-state index contributed by atoms with van der Waals surface area (Å²) in [6.07, 6.45) is 0. The molecule has 1 aromatic carbocycles. The average molecular weight is 348 g/mol. The Morgan fingerprint density at radius 3 is 2.47 bits per heavy atom. The molecule has 1 N–H and O–H groups in total. The number of carboxylic acid groups (broad SMARTS) is 1. The molecule has 1 aliphatic rings. The van der Waals surface area contributed by atoms with Gasteiger partial charge in [-0.1, -0.05) is 28.1 Å². The number of benzene rings is 1. The Balaban J connectivity index is 2.25. The first-order valence-electron chi connectivity index (χ1n) is 5.82. The molecule has 5 nitrogen and oxygen atoms in total. The molecule has 1 saturated heterocycles. The molecule has 1 aliphatic heterocycles. The first kappa shape index (κ1) is 14.5. The molecule has 0 bridgehead atoms. The topological polar surface area (TPSA) is 74.7 Å². The van der Waals surface area contributed by atoms with E-state index >= 15 is 0 Å². The van der Waals surface area contributed by atoms with Gasteiger partial charge in [-0.2, -0.15) is 0 Å². The molecular formula is C12H14BrNO4S. The Kier molecular flexibility index (Phi) is 4.27. The highest BCUT2D eigenvalue weighted by Crippen LogP contribution is 2.25. The minimum atomic E-state index is -3.01. The molecule has 104 valence electrons. The van der Waals surface area contributed by atoms with Gasteiger partial charge in [0.15, 0.2) is 9.84 Å². The second kappa shape index (κ2) is 5.60. The van der Waals surface area contributed by atoms with Crippen LogP contribution < -0.4 is 0 Å². The monoisotopic (exact) mass is 347 g/mol. The number of rotatable bonds is 3. The Hall–Kier alpha value is -0.920. The van der Waals surface area contributed by atoms with Gasteiger partial charge < -0.3 is 5.11 Å². The lowest BCUT2D eigenvalue weighted by Gasteiger charge is -2.32. The summed E-state index contributed by atoms with van der Waals surface area (Å²) in [6, 6.07) is 6.29. The van der Waals surface area contributed by atoms with Crippen molar-refractivity contribution in [2.24, 2.45) is 0 Å². The molecule has 2 rings (SSSR count). The summed E-state index contributed by atoms with van der Waals surface area (Å²) in [4.78, 5) is 13.2. The zero-order chi connectivity index (χ0) is 14.0. The summed E-state index contributed by atoms with van der Waals surface area (Å²) in [7, 11) is -3.01. The number of aliphatic carboxylic acids is 1. The van der Waals surface area contributed by atoms with Crippen LogP contribution in [0, 0.1) is 0 Å². The molecule has 1 unspecified atom stereocenters. The lowest BCUT2D eigenvalue weighted by atomic mass is 10.1. The van der Waals surface area contributed by atoms with E-state index in [9.17, 15) is 18.3 Å². The van der Waals surface area contributed by atoms with Crippen LogP contribution in [0.3, 0.4) is 0 Å². The fraction of sp³-hybridized carbons (Fsp3) is 0.417. The third kappa shape index (κ3) is 3.55. The van der Waals surface area contributed by atoms with Gasteiger partial charge >= 0.3 is 5.97 Å². The van der Waals surface area contributed by atoms with E-state index in [1.54, 1.807) is 23.1 Å². The van der Waals surface area contributed by atoms with E-state index in [2.05, 4.69) is 15.9 Å². The van der Waals surface area contributed by atoms with Gasteiger partial charge in [0, 0.05) is 17.6 Å². The highest BCUT2D eigenvalue weighted by Gasteiger charge is 2.32. The number of sulfone groups is 1. The van der Waals surface area contributed by atoms with Crippen LogP contribution in [0.4, 0.5) is 0 Å². The van der Waals surface area contributed by atoms with E-state index in [0.29, 0.717) is 5.56 Å². The van der Waals surface area contributed by atoms with Crippen LogP contribution in [-0.2, 0) is 14.6 Å². The van der Waals surface area contributed by atoms with Crippen molar-refractivity contribution < 1.29 is 18.3 Å². The minimum absolute atomic E-state index is 0.0186. The van der Waals surface area contributed by atoms with Crippen molar-refractivity contribution in [3.63, 3.8) is 0 Å². The highest BCUT2D eigenvalue weighted by molar-refractivity contribution is 9.10. The normalized spacial score (nSPS) is 20.9. The summed E-state index contributed by atoms with van der Waals surface area (Å²) in [5, 5.41) is 9.39. The van der Waals surface area contributed by atoms with Crippen molar-refractivity contribution >= 4 is 31.7 Å². The SMILES string of the molecule is O=C(O)C(c1cccc(Br)c1)N1CCS(=O)(=O)CC1. The molecule has 19 heavy (non-hydrogen) atoms.